The van der Waals surface area contributed by atoms with Gasteiger partial charge >= 0.3 is 0 Å². The van der Waals surface area contributed by atoms with Crippen LogP contribution < -0.4 is 0 Å². The molecule has 2 heterocycles. The number of aromatic nitrogens is 1. The Kier molecular flexibility index (Phi) is 4.79. The summed E-state index contributed by atoms with van der Waals surface area (Å²) in [5.41, 5.74) is 6.48. The highest BCUT2D eigenvalue weighted by molar-refractivity contribution is 5.93. The summed E-state index contributed by atoms with van der Waals surface area (Å²) in [6.45, 7) is 12.6. The Hall–Kier alpha value is -2.03. The molecular weight excluding hydrogens is 296 g/mol. The van der Waals surface area contributed by atoms with Gasteiger partial charge in [-0.1, -0.05) is 31.5 Å². The first-order chi connectivity index (χ1) is 11.4. The highest BCUT2D eigenvalue weighted by Crippen LogP contribution is 2.21. The van der Waals surface area contributed by atoms with Crippen LogP contribution in [0, 0.1) is 26.7 Å². The molecule has 0 saturated carbocycles. The molecule has 3 nitrogen and oxygen atoms in total. The normalized spacial score (nSPS) is 17.2. The van der Waals surface area contributed by atoms with Gasteiger partial charge in [-0.3, -0.25) is 0 Å². The number of aryl methyl sites for hydroxylation is 3. The Bertz CT molecular complexity index is 732. The topological polar surface area (TPSA) is 26.5 Å². The van der Waals surface area contributed by atoms with E-state index in [0.29, 0.717) is 18.6 Å². The van der Waals surface area contributed by atoms with Gasteiger partial charge in [-0.25, -0.2) is 4.99 Å². The average Bonchev–Trinajstić information content (AvgIpc) is 3.10. The van der Waals surface area contributed by atoms with Gasteiger partial charge < -0.3 is 9.30 Å². The van der Waals surface area contributed by atoms with Gasteiger partial charge in [-0.15, -0.1) is 0 Å². The van der Waals surface area contributed by atoms with Crippen molar-refractivity contribution in [3.05, 3.63) is 58.4 Å². The lowest BCUT2D eigenvalue weighted by atomic mass is 10.00. The summed E-state index contributed by atoms with van der Waals surface area (Å²) in [6, 6.07) is 9.00. The molecule has 3 rings (SSSR count). The Balaban J connectivity index is 1.85. The van der Waals surface area contributed by atoms with Gasteiger partial charge in [0, 0.05) is 12.7 Å². The minimum atomic E-state index is 0.297. The fraction of sp³-hybridized carbons (Fsp3) is 0.476. The van der Waals surface area contributed by atoms with E-state index in [2.05, 4.69) is 69.6 Å². The molecule has 1 aliphatic heterocycles. The fourth-order valence-corrected chi connectivity index (χ4v) is 3.60. The lowest BCUT2D eigenvalue weighted by Gasteiger charge is -2.14. The smallest absolute Gasteiger partial charge is 0.233 e. The molecule has 0 aliphatic carbocycles. The van der Waals surface area contributed by atoms with Gasteiger partial charge in [0.25, 0.3) is 0 Å². The van der Waals surface area contributed by atoms with Crippen molar-refractivity contribution in [1.82, 2.24) is 4.57 Å². The zero-order valence-corrected chi connectivity index (χ0v) is 15.5. The van der Waals surface area contributed by atoms with Crippen LogP contribution in [-0.2, 0) is 11.3 Å². The summed E-state index contributed by atoms with van der Waals surface area (Å²) in [4.78, 5) is 4.81. The number of nitrogens with zero attached hydrogens (tertiary/aromatic N) is 2. The molecule has 3 heteroatoms. The first-order valence-electron chi connectivity index (χ1n) is 8.87. The van der Waals surface area contributed by atoms with E-state index >= 15 is 0 Å². The van der Waals surface area contributed by atoms with Crippen LogP contribution in [0.1, 0.15) is 48.2 Å². The van der Waals surface area contributed by atoms with Crippen LogP contribution in [0.2, 0.25) is 0 Å². The van der Waals surface area contributed by atoms with E-state index < -0.39 is 0 Å². The van der Waals surface area contributed by atoms with E-state index in [0.717, 1.165) is 24.6 Å². The second-order valence-electron chi connectivity index (χ2n) is 7.43. The van der Waals surface area contributed by atoms with Gasteiger partial charge in [0.2, 0.25) is 5.90 Å². The molecule has 24 heavy (non-hydrogen) atoms. The maximum absolute atomic E-state index is 5.90. The van der Waals surface area contributed by atoms with E-state index in [4.69, 9.17) is 9.73 Å². The molecule has 0 spiro atoms. The summed E-state index contributed by atoms with van der Waals surface area (Å²) in [5, 5.41) is 0. The second-order valence-corrected chi connectivity index (χ2v) is 7.43. The quantitative estimate of drug-likeness (QED) is 0.786. The van der Waals surface area contributed by atoms with E-state index in [-0.39, 0.29) is 0 Å². The maximum Gasteiger partial charge on any atom is 0.233 e. The van der Waals surface area contributed by atoms with Crippen molar-refractivity contribution in [2.75, 3.05) is 6.61 Å². The van der Waals surface area contributed by atoms with Crippen LogP contribution in [0.5, 0.6) is 0 Å². The van der Waals surface area contributed by atoms with Gasteiger partial charge in [0.05, 0.1) is 6.04 Å². The fourth-order valence-electron chi connectivity index (χ4n) is 3.60. The Labute approximate surface area is 145 Å². The summed E-state index contributed by atoms with van der Waals surface area (Å²) >= 11 is 0. The first-order valence-corrected chi connectivity index (χ1v) is 8.87. The van der Waals surface area contributed by atoms with Crippen molar-refractivity contribution >= 4 is 5.90 Å². The molecule has 0 fully saturated rings. The lowest BCUT2D eigenvalue weighted by Crippen LogP contribution is -2.12. The van der Waals surface area contributed by atoms with E-state index in [9.17, 15) is 0 Å². The molecule has 0 bridgehead atoms. The molecule has 1 aromatic carbocycles. The molecule has 0 saturated heterocycles. The van der Waals surface area contributed by atoms with Crippen molar-refractivity contribution in [1.29, 1.82) is 0 Å². The Morgan fingerprint density at radius 1 is 1.21 bits per heavy atom. The van der Waals surface area contributed by atoms with E-state index in [1.807, 2.05) is 0 Å². The van der Waals surface area contributed by atoms with Crippen molar-refractivity contribution < 1.29 is 4.74 Å². The highest BCUT2D eigenvalue weighted by atomic mass is 16.5. The second kappa shape index (κ2) is 6.84. The Morgan fingerprint density at radius 2 is 1.92 bits per heavy atom. The van der Waals surface area contributed by atoms with Gasteiger partial charge in [0.1, 0.15) is 12.3 Å². The average molecular weight is 324 g/mol. The van der Waals surface area contributed by atoms with Gasteiger partial charge in [-0.2, -0.15) is 0 Å². The molecule has 1 unspecified atom stereocenters. The summed E-state index contributed by atoms with van der Waals surface area (Å²) in [7, 11) is 0. The van der Waals surface area contributed by atoms with Crippen LogP contribution >= 0.6 is 0 Å². The number of benzene rings is 1. The molecule has 1 aliphatic rings. The van der Waals surface area contributed by atoms with Crippen molar-refractivity contribution in [3.63, 3.8) is 0 Å². The zero-order valence-electron chi connectivity index (χ0n) is 15.5. The number of rotatable bonds is 5. The molecule has 0 N–H and O–H groups in total. The molecule has 0 amide bonds. The monoisotopic (exact) mass is 324 g/mol. The highest BCUT2D eigenvalue weighted by Gasteiger charge is 2.23. The third-order valence-corrected chi connectivity index (χ3v) is 4.67. The van der Waals surface area contributed by atoms with Crippen LogP contribution in [-0.4, -0.2) is 23.1 Å². The van der Waals surface area contributed by atoms with Crippen LogP contribution in [0.25, 0.3) is 0 Å². The predicted octanol–water partition coefficient (Wildman–Crippen LogP) is 4.65. The van der Waals surface area contributed by atoms with Crippen molar-refractivity contribution in [2.45, 2.75) is 53.6 Å². The zero-order chi connectivity index (χ0) is 17.3. The van der Waals surface area contributed by atoms with Crippen molar-refractivity contribution in [3.8, 4) is 0 Å². The summed E-state index contributed by atoms with van der Waals surface area (Å²) in [6.07, 6.45) is 3.20. The Morgan fingerprint density at radius 3 is 2.58 bits per heavy atom. The minimum absolute atomic E-state index is 0.297. The summed E-state index contributed by atoms with van der Waals surface area (Å²) < 4.78 is 8.15. The van der Waals surface area contributed by atoms with Crippen LogP contribution in [0.3, 0.4) is 0 Å². The largest absolute Gasteiger partial charge is 0.474 e. The maximum atomic E-state index is 5.90. The number of ether oxygens (including phenoxy) is 1. The number of hydrogen-bond donors (Lipinski definition) is 0. The molecule has 0 radical (unpaired) electrons. The van der Waals surface area contributed by atoms with E-state index in [1.165, 1.54) is 22.3 Å². The molecule has 2 aromatic rings. The van der Waals surface area contributed by atoms with Gasteiger partial charge in [-0.05, 0) is 61.9 Å². The standard InChI is InChI=1S/C21H28N2O/c1-14(2)9-18-13-24-21(22-18)20-7-6-8-23(20)12-19-16(4)10-15(3)11-17(19)5/h6-8,10-11,14,18H,9,12-13H2,1-5H3. The molecule has 128 valence electrons. The minimum Gasteiger partial charge on any atom is -0.474 e. The molecule has 1 atom stereocenters. The first kappa shape index (κ1) is 16.8. The lowest BCUT2D eigenvalue weighted by molar-refractivity contribution is 0.300. The molecular formula is C21H28N2O. The van der Waals surface area contributed by atoms with Crippen LogP contribution in [0.15, 0.2) is 35.5 Å². The van der Waals surface area contributed by atoms with Gasteiger partial charge in [0.15, 0.2) is 0 Å². The third kappa shape index (κ3) is 3.55. The van der Waals surface area contributed by atoms with Crippen LogP contribution in [0.4, 0.5) is 0 Å². The number of hydrogen-bond acceptors (Lipinski definition) is 2. The predicted molar refractivity (Wildman–Crippen MR) is 99.9 cm³/mol. The van der Waals surface area contributed by atoms with Crippen molar-refractivity contribution in [2.24, 2.45) is 10.9 Å². The summed E-state index contributed by atoms with van der Waals surface area (Å²) in [5.74, 6) is 1.44. The van der Waals surface area contributed by atoms with E-state index in [1.54, 1.807) is 0 Å². The number of aliphatic imine (C=N–C) groups is 1. The third-order valence-electron chi connectivity index (χ3n) is 4.67. The SMILES string of the molecule is Cc1cc(C)c(Cn2cccc2C2=NC(CC(C)C)CO2)c(C)c1. The molecule has 1 aromatic heterocycles.